The van der Waals surface area contributed by atoms with Crippen molar-refractivity contribution < 1.29 is 4.79 Å². The van der Waals surface area contributed by atoms with Crippen LogP contribution in [0.1, 0.15) is 19.3 Å². The molecular formula is C17H22ClN7O. The van der Waals surface area contributed by atoms with E-state index in [0.29, 0.717) is 23.3 Å². The first kappa shape index (κ1) is 18.2. The maximum absolute atomic E-state index is 12.0. The highest BCUT2D eigenvalue weighted by molar-refractivity contribution is 6.32. The third kappa shape index (κ3) is 4.32. The Hall–Kier alpha value is -2.61. The number of nitrogens with one attached hydrogen (secondary N) is 2. The smallest absolute Gasteiger partial charge is 0.246 e. The van der Waals surface area contributed by atoms with Crippen LogP contribution < -0.4 is 10.6 Å². The van der Waals surface area contributed by atoms with Crippen LogP contribution in [0, 0.1) is 0 Å². The zero-order valence-corrected chi connectivity index (χ0v) is 15.4. The van der Waals surface area contributed by atoms with E-state index in [1.165, 1.54) is 6.08 Å². The van der Waals surface area contributed by atoms with Crippen LogP contribution in [0.3, 0.4) is 0 Å². The lowest BCUT2D eigenvalue weighted by Crippen LogP contribution is -2.46. The molecule has 1 atom stereocenters. The van der Waals surface area contributed by atoms with E-state index in [-0.39, 0.29) is 11.9 Å². The number of hydrogen-bond acceptors (Lipinski definition) is 6. The summed E-state index contributed by atoms with van der Waals surface area (Å²) in [6.45, 7) is 4.91. The lowest BCUT2D eigenvalue weighted by atomic mass is 10.0. The van der Waals surface area contributed by atoms with Crippen molar-refractivity contribution in [2.75, 3.05) is 23.7 Å². The number of anilines is 3. The normalized spacial score (nSPS) is 17.0. The van der Waals surface area contributed by atoms with Crippen molar-refractivity contribution in [2.45, 2.75) is 25.3 Å². The number of nitrogens with zero attached hydrogens (tertiary/aromatic N) is 5. The molecule has 138 valence electrons. The minimum absolute atomic E-state index is 0.0378. The van der Waals surface area contributed by atoms with Gasteiger partial charge in [0, 0.05) is 32.4 Å². The highest BCUT2D eigenvalue weighted by Gasteiger charge is 2.25. The fourth-order valence-electron chi connectivity index (χ4n) is 3.00. The Morgan fingerprint density at radius 1 is 1.46 bits per heavy atom. The molecule has 2 aromatic heterocycles. The van der Waals surface area contributed by atoms with Gasteiger partial charge in [0.15, 0.2) is 5.82 Å². The molecule has 0 spiro atoms. The Kier molecular flexibility index (Phi) is 5.72. The average Bonchev–Trinajstić information content (AvgIpc) is 3.06. The number of amides is 1. The Morgan fingerprint density at radius 2 is 2.31 bits per heavy atom. The quantitative estimate of drug-likeness (QED) is 0.754. The number of aromatic nitrogens is 4. The van der Waals surface area contributed by atoms with Gasteiger partial charge in [0.2, 0.25) is 11.9 Å². The minimum Gasteiger partial charge on any atom is -0.367 e. The van der Waals surface area contributed by atoms with Gasteiger partial charge >= 0.3 is 0 Å². The number of carbonyl (C=O) groups is 1. The van der Waals surface area contributed by atoms with Gasteiger partial charge in [-0.2, -0.15) is 10.1 Å². The summed E-state index contributed by atoms with van der Waals surface area (Å²) in [6.07, 6.45) is 9.48. The molecule has 1 saturated heterocycles. The molecule has 8 nitrogen and oxygen atoms in total. The van der Waals surface area contributed by atoms with Gasteiger partial charge in [-0.3, -0.25) is 9.48 Å². The van der Waals surface area contributed by atoms with E-state index in [1.54, 1.807) is 17.1 Å². The van der Waals surface area contributed by atoms with E-state index in [0.717, 1.165) is 31.5 Å². The van der Waals surface area contributed by atoms with Gasteiger partial charge in [0.25, 0.3) is 0 Å². The third-order valence-electron chi connectivity index (χ3n) is 4.30. The van der Waals surface area contributed by atoms with Crippen molar-refractivity contribution in [1.82, 2.24) is 24.6 Å². The predicted molar refractivity (Wildman–Crippen MR) is 102 cm³/mol. The number of aryl methyl sites for hydroxylation is 1. The Labute approximate surface area is 157 Å². The standard InChI is InChI=1S/C17H22ClN7O/c1-3-15(26)25-7-5-4-6-13(25)9-19-16-14(18)10-20-17(23-16)22-12-8-21-24(2)11-12/h3,8,10-11,13H,1,4-7,9H2,2H3,(H2,19,20,22,23). The summed E-state index contributed by atoms with van der Waals surface area (Å²) in [4.78, 5) is 22.5. The van der Waals surface area contributed by atoms with E-state index in [1.807, 2.05) is 18.1 Å². The molecule has 1 amide bonds. The highest BCUT2D eigenvalue weighted by atomic mass is 35.5. The number of carbonyl (C=O) groups excluding carboxylic acids is 1. The predicted octanol–water partition coefficient (Wildman–Crippen LogP) is 2.59. The molecule has 0 aromatic carbocycles. The zero-order chi connectivity index (χ0) is 18.5. The van der Waals surface area contributed by atoms with Crippen molar-refractivity contribution in [3.8, 4) is 0 Å². The number of halogens is 1. The van der Waals surface area contributed by atoms with Crippen LogP contribution in [0.4, 0.5) is 17.5 Å². The van der Waals surface area contributed by atoms with E-state index in [9.17, 15) is 4.79 Å². The molecule has 26 heavy (non-hydrogen) atoms. The monoisotopic (exact) mass is 375 g/mol. The Balaban J connectivity index is 1.67. The second kappa shape index (κ2) is 8.18. The fraction of sp³-hybridized carbons (Fsp3) is 0.412. The molecule has 1 unspecified atom stereocenters. The van der Waals surface area contributed by atoms with Crippen LogP contribution in [0.15, 0.2) is 31.2 Å². The number of hydrogen-bond donors (Lipinski definition) is 2. The van der Waals surface area contributed by atoms with E-state index >= 15 is 0 Å². The maximum atomic E-state index is 12.0. The first-order valence-corrected chi connectivity index (χ1v) is 8.89. The van der Waals surface area contributed by atoms with Crippen LogP contribution in [0.2, 0.25) is 5.02 Å². The molecule has 0 saturated carbocycles. The summed E-state index contributed by atoms with van der Waals surface area (Å²) in [6, 6.07) is 0.0926. The first-order valence-electron chi connectivity index (χ1n) is 8.52. The van der Waals surface area contributed by atoms with Crippen molar-refractivity contribution in [1.29, 1.82) is 0 Å². The molecular weight excluding hydrogens is 354 g/mol. The van der Waals surface area contributed by atoms with Crippen LogP contribution in [0.5, 0.6) is 0 Å². The second-order valence-electron chi connectivity index (χ2n) is 6.18. The lowest BCUT2D eigenvalue weighted by molar-refractivity contribution is -0.129. The summed E-state index contributed by atoms with van der Waals surface area (Å²) in [5.74, 6) is 0.918. The summed E-state index contributed by atoms with van der Waals surface area (Å²) < 4.78 is 1.69. The molecule has 1 fully saturated rings. The van der Waals surface area contributed by atoms with Crippen molar-refractivity contribution >= 4 is 35.0 Å². The van der Waals surface area contributed by atoms with Crippen LogP contribution in [0.25, 0.3) is 0 Å². The number of piperidine rings is 1. The van der Waals surface area contributed by atoms with Gasteiger partial charge < -0.3 is 15.5 Å². The van der Waals surface area contributed by atoms with E-state index < -0.39 is 0 Å². The zero-order valence-electron chi connectivity index (χ0n) is 14.7. The highest BCUT2D eigenvalue weighted by Crippen LogP contribution is 2.23. The van der Waals surface area contributed by atoms with Gasteiger partial charge in [-0.15, -0.1) is 0 Å². The molecule has 9 heteroatoms. The summed E-state index contributed by atoms with van der Waals surface area (Å²) >= 11 is 6.22. The molecule has 1 aliphatic rings. The molecule has 1 aliphatic heterocycles. The summed E-state index contributed by atoms with van der Waals surface area (Å²) in [5, 5.41) is 10.9. The van der Waals surface area contributed by atoms with Crippen LogP contribution >= 0.6 is 11.6 Å². The number of rotatable bonds is 6. The van der Waals surface area contributed by atoms with Crippen molar-refractivity contribution in [2.24, 2.45) is 7.05 Å². The van der Waals surface area contributed by atoms with Gasteiger partial charge in [-0.05, 0) is 25.3 Å². The van der Waals surface area contributed by atoms with Crippen molar-refractivity contribution in [3.63, 3.8) is 0 Å². The van der Waals surface area contributed by atoms with Crippen molar-refractivity contribution in [3.05, 3.63) is 36.3 Å². The second-order valence-corrected chi connectivity index (χ2v) is 6.59. The third-order valence-corrected chi connectivity index (χ3v) is 4.57. The Bertz CT molecular complexity index is 791. The van der Waals surface area contributed by atoms with Gasteiger partial charge in [-0.25, -0.2) is 4.98 Å². The molecule has 0 bridgehead atoms. The average molecular weight is 376 g/mol. The van der Waals surface area contributed by atoms with Crippen LogP contribution in [-0.4, -0.2) is 49.7 Å². The topological polar surface area (TPSA) is 88.0 Å². The van der Waals surface area contributed by atoms with Crippen LogP contribution in [-0.2, 0) is 11.8 Å². The van der Waals surface area contributed by atoms with E-state index in [4.69, 9.17) is 11.6 Å². The maximum Gasteiger partial charge on any atom is 0.246 e. The molecule has 0 radical (unpaired) electrons. The largest absolute Gasteiger partial charge is 0.367 e. The minimum atomic E-state index is -0.0378. The van der Waals surface area contributed by atoms with E-state index in [2.05, 4.69) is 32.3 Å². The molecule has 2 N–H and O–H groups in total. The Morgan fingerprint density at radius 3 is 3.04 bits per heavy atom. The molecule has 2 aromatic rings. The summed E-state index contributed by atoms with van der Waals surface area (Å²) in [7, 11) is 1.83. The van der Waals surface area contributed by atoms with Gasteiger partial charge in [0.05, 0.1) is 18.1 Å². The van der Waals surface area contributed by atoms with Gasteiger partial charge in [-0.1, -0.05) is 18.2 Å². The SMILES string of the molecule is C=CC(=O)N1CCCCC1CNc1nc(Nc2cnn(C)c2)ncc1Cl. The first-order chi connectivity index (χ1) is 12.6. The molecule has 3 rings (SSSR count). The summed E-state index contributed by atoms with van der Waals surface area (Å²) in [5.41, 5.74) is 0.788. The lowest BCUT2D eigenvalue weighted by Gasteiger charge is -2.35. The molecule has 3 heterocycles. The van der Waals surface area contributed by atoms with Gasteiger partial charge in [0.1, 0.15) is 5.02 Å². The molecule has 0 aliphatic carbocycles. The fourth-order valence-corrected chi connectivity index (χ4v) is 3.16. The number of likely N-dealkylation sites (tertiary alicyclic amines) is 1.